The van der Waals surface area contributed by atoms with Gasteiger partial charge in [-0.1, -0.05) is 24.3 Å². The summed E-state index contributed by atoms with van der Waals surface area (Å²) < 4.78 is 29.8. The molecule has 0 saturated heterocycles. The molecule has 0 fully saturated rings. The summed E-state index contributed by atoms with van der Waals surface area (Å²) in [6.45, 7) is 5.06. The molecule has 0 aliphatic carbocycles. The third-order valence-electron chi connectivity index (χ3n) is 2.95. The van der Waals surface area contributed by atoms with Gasteiger partial charge in [0.25, 0.3) is 0 Å². The van der Waals surface area contributed by atoms with E-state index in [-0.39, 0.29) is 0 Å². The van der Waals surface area contributed by atoms with Crippen molar-refractivity contribution in [3.8, 4) is 5.75 Å². The smallest absolute Gasteiger partial charge is 0.497 e. The molecule has 5 nitrogen and oxygen atoms in total. The molecule has 0 aromatic heterocycles. The fourth-order valence-corrected chi connectivity index (χ4v) is 2.48. The molecule has 2 aromatic rings. The van der Waals surface area contributed by atoms with Crippen molar-refractivity contribution < 1.29 is 23.1 Å². The minimum atomic E-state index is -1.83. The van der Waals surface area contributed by atoms with Crippen molar-refractivity contribution >= 4 is 19.0 Å². The standard InChI is InChI=1S/C13H14O2.C4H10O3P/c1-14-9-11-5-3-4-10-8-12(15-2)6-7-13(10)11;1-3-6-8(5)7-4-2/h3-8H,9H2,1-2H3;3-4H2,1-2H3/q;+1. The van der Waals surface area contributed by atoms with Gasteiger partial charge in [0.1, 0.15) is 19.0 Å². The summed E-state index contributed by atoms with van der Waals surface area (Å²) in [5.74, 6) is 0.886. The van der Waals surface area contributed by atoms with Gasteiger partial charge in [-0.15, -0.1) is 9.05 Å². The summed E-state index contributed by atoms with van der Waals surface area (Å²) in [7, 11) is 1.56. The summed E-state index contributed by atoms with van der Waals surface area (Å²) in [4.78, 5) is 0. The molecule has 0 heterocycles. The van der Waals surface area contributed by atoms with Crippen molar-refractivity contribution in [3.63, 3.8) is 0 Å². The minimum Gasteiger partial charge on any atom is -0.497 e. The largest absolute Gasteiger partial charge is 0.697 e. The Balaban J connectivity index is 0.000000284. The zero-order valence-corrected chi connectivity index (χ0v) is 15.0. The third kappa shape index (κ3) is 6.63. The Kier molecular flexibility index (Phi) is 9.41. The second-order valence-electron chi connectivity index (χ2n) is 4.50. The Labute approximate surface area is 138 Å². The van der Waals surface area contributed by atoms with Gasteiger partial charge in [-0.05, 0) is 42.3 Å². The first-order valence-corrected chi connectivity index (χ1v) is 8.53. The molecule has 0 N–H and O–H groups in total. The topological polar surface area (TPSA) is 54.0 Å². The van der Waals surface area contributed by atoms with Crippen LogP contribution in [0.1, 0.15) is 19.4 Å². The van der Waals surface area contributed by atoms with Crippen LogP contribution in [0.4, 0.5) is 0 Å². The van der Waals surface area contributed by atoms with E-state index in [1.54, 1.807) is 28.1 Å². The fourth-order valence-electron chi connectivity index (χ4n) is 1.99. The van der Waals surface area contributed by atoms with Crippen LogP contribution in [-0.2, 0) is 25.0 Å². The van der Waals surface area contributed by atoms with Gasteiger partial charge in [0.15, 0.2) is 0 Å². The predicted molar refractivity (Wildman–Crippen MR) is 92.1 cm³/mol. The Bertz CT molecular complexity index is 607. The van der Waals surface area contributed by atoms with Crippen LogP contribution in [0.15, 0.2) is 36.4 Å². The van der Waals surface area contributed by atoms with E-state index in [9.17, 15) is 4.57 Å². The maximum Gasteiger partial charge on any atom is 0.697 e. The predicted octanol–water partition coefficient (Wildman–Crippen LogP) is 4.71. The molecule has 0 spiro atoms. The molecule has 6 heteroatoms. The monoisotopic (exact) mass is 339 g/mol. The van der Waals surface area contributed by atoms with Gasteiger partial charge < -0.3 is 9.47 Å². The lowest BCUT2D eigenvalue weighted by atomic mass is 10.0. The van der Waals surface area contributed by atoms with Gasteiger partial charge in [0.2, 0.25) is 0 Å². The van der Waals surface area contributed by atoms with Crippen molar-refractivity contribution in [2.45, 2.75) is 20.5 Å². The molecule has 2 aromatic carbocycles. The molecule has 126 valence electrons. The number of methoxy groups -OCH3 is 2. The summed E-state index contributed by atoms with van der Waals surface area (Å²) in [5.41, 5.74) is 1.21. The molecule has 0 atom stereocenters. The van der Waals surface area contributed by atoms with Crippen molar-refractivity contribution in [1.29, 1.82) is 0 Å². The van der Waals surface area contributed by atoms with Crippen LogP contribution in [0.3, 0.4) is 0 Å². The van der Waals surface area contributed by atoms with Crippen molar-refractivity contribution in [1.82, 2.24) is 0 Å². The molecular formula is C17H24O5P+. The Morgan fingerprint density at radius 1 is 1.00 bits per heavy atom. The highest BCUT2D eigenvalue weighted by atomic mass is 31.1. The van der Waals surface area contributed by atoms with Gasteiger partial charge in [-0.25, -0.2) is 0 Å². The molecule has 0 aliphatic heterocycles. The van der Waals surface area contributed by atoms with E-state index < -0.39 is 8.25 Å². The quantitative estimate of drug-likeness (QED) is 0.684. The molecule has 0 amide bonds. The Hall–Kier alpha value is -1.52. The first-order chi connectivity index (χ1) is 11.2. The Morgan fingerprint density at radius 3 is 2.26 bits per heavy atom. The highest BCUT2D eigenvalue weighted by Crippen LogP contribution is 2.24. The number of fused-ring (bicyclic) bond motifs is 1. The molecule has 0 unspecified atom stereocenters. The molecular weight excluding hydrogens is 315 g/mol. The minimum absolute atomic E-state index is 0.440. The summed E-state index contributed by atoms with van der Waals surface area (Å²) in [6, 6.07) is 12.3. The first kappa shape index (κ1) is 19.5. The first-order valence-electron chi connectivity index (χ1n) is 7.43. The highest BCUT2D eigenvalue weighted by molar-refractivity contribution is 7.33. The van der Waals surface area contributed by atoms with Gasteiger partial charge in [0.05, 0.1) is 13.7 Å². The lowest BCUT2D eigenvalue weighted by molar-refractivity contribution is 0.186. The van der Waals surface area contributed by atoms with Crippen LogP contribution >= 0.6 is 8.25 Å². The molecule has 0 bridgehead atoms. The molecule has 0 radical (unpaired) electrons. The van der Waals surface area contributed by atoms with E-state index in [0.29, 0.717) is 19.8 Å². The summed E-state index contributed by atoms with van der Waals surface area (Å²) >= 11 is 0. The van der Waals surface area contributed by atoms with Crippen LogP contribution < -0.4 is 4.74 Å². The molecule has 0 saturated carbocycles. The zero-order chi connectivity index (χ0) is 17.1. The van der Waals surface area contributed by atoms with E-state index in [2.05, 4.69) is 27.2 Å². The number of rotatable bonds is 7. The lowest BCUT2D eigenvalue weighted by Crippen LogP contribution is -1.89. The average molecular weight is 339 g/mol. The number of benzene rings is 2. The summed E-state index contributed by atoms with van der Waals surface area (Å²) in [6.07, 6.45) is 0. The van der Waals surface area contributed by atoms with Crippen LogP contribution in [-0.4, -0.2) is 27.4 Å². The van der Waals surface area contributed by atoms with Crippen molar-refractivity contribution in [2.24, 2.45) is 0 Å². The average Bonchev–Trinajstić information content (AvgIpc) is 2.56. The summed E-state index contributed by atoms with van der Waals surface area (Å²) in [5, 5.41) is 2.41. The second-order valence-corrected chi connectivity index (χ2v) is 5.46. The highest BCUT2D eigenvalue weighted by Gasteiger charge is 2.15. The number of ether oxygens (including phenoxy) is 2. The van der Waals surface area contributed by atoms with Gasteiger partial charge in [0, 0.05) is 11.7 Å². The Morgan fingerprint density at radius 2 is 1.70 bits per heavy atom. The second kappa shape index (κ2) is 11.1. The normalized spacial score (nSPS) is 10.1. The lowest BCUT2D eigenvalue weighted by Gasteiger charge is -2.07. The van der Waals surface area contributed by atoms with Crippen LogP contribution in [0.25, 0.3) is 10.8 Å². The van der Waals surface area contributed by atoms with Gasteiger partial charge >= 0.3 is 8.25 Å². The third-order valence-corrected chi connectivity index (χ3v) is 3.88. The van der Waals surface area contributed by atoms with E-state index in [1.165, 1.54) is 16.3 Å². The SMILES string of the molecule is CCO[P+](=O)OCC.COCc1cccc2cc(OC)ccc12. The van der Waals surface area contributed by atoms with E-state index in [1.807, 2.05) is 18.2 Å². The van der Waals surface area contributed by atoms with Crippen LogP contribution in [0.2, 0.25) is 0 Å². The molecule has 2 rings (SSSR count). The maximum absolute atomic E-state index is 10.3. The van der Waals surface area contributed by atoms with Crippen molar-refractivity contribution in [3.05, 3.63) is 42.0 Å². The zero-order valence-electron chi connectivity index (χ0n) is 14.1. The van der Waals surface area contributed by atoms with Gasteiger partial charge in [-0.3, -0.25) is 0 Å². The van der Waals surface area contributed by atoms with Gasteiger partial charge in [-0.2, -0.15) is 0 Å². The van der Waals surface area contributed by atoms with Crippen LogP contribution in [0.5, 0.6) is 5.75 Å². The van der Waals surface area contributed by atoms with E-state index in [0.717, 1.165) is 5.75 Å². The number of hydrogen-bond acceptors (Lipinski definition) is 5. The fraction of sp³-hybridized carbons (Fsp3) is 0.412. The van der Waals surface area contributed by atoms with E-state index >= 15 is 0 Å². The number of hydrogen-bond donors (Lipinski definition) is 0. The molecule has 23 heavy (non-hydrogen) atoms. The van der Waals surface area contributed by atoms with Crippen molar-refractivity contribution in [2.75, 3.05) is 27.4 Å². The maximum atomic E-state index is 10.3. The molecule has 0 aliphatic rings. The van der Waals surface area contributed by atoms with E-state index in [4.69, 9.17) is 9.47 Å². The van der Waals surface area contributed by atoms with Crippen LogP contribution in [0, 0.1) is 0 Å².